The molecule has 3 aromatic rings. The fourth-order valence-corrected chi connectivity index (χ4v) is 3.35. The highest BCUT2D eigenvalue weighted by atomic mass is 16.1. The minimum absolute atomic E-state index is 0.280. The van der Waals surface area contributed by atoms with Crippen LogP contribution in [0.5, 0.6) is 0 Å². The quantitative estimate of drug-likeness (QED) is 0.756. The van der Waals surface area contributed by atoms with Gasteiger partial charge in [-0.15, -0.1) is 0 Å². The SMILES string of the molecule is NC(=O)C1CCCCN1c1nccc2cnc3[nH]ccc3c12. The number of aromatic amines is 1. The van der Waals surface area contributed by atoms with Crippen LogP contribution >= 0.6 is 0 Å². The number of amides is 1. The number of pyridine rings is 2. The zero-order chi connectivity index (χ0) is 15.1. The average molecular weight is 295 g/mol. The van der Waals surface area contributed by atoms with Crippen molar-refractivity contribution in [1.29, 1.82) is 0 Å². The molecular formula is C16H17N5O. The number of piperidine rings is 1. The van der Waals surface area contributed by atoms with E-state index in [9.17, 15) is 4.79 Å². The first-order valence-corrected chi connectivity index (χ1v) is 7.52. The molecule has 6 nitrogen and oxygen atoms in total. The van der Waals surface area contributed by atoms with Crippen LogP contribution in [0.2, 0.25) is 0 Å². The van der Waals surface area contributed by atoms with E-state index in [1.807, 2.05) is 24.5 Å². The molecule has 1 aliphatic rings. The molecule has 0 aliphatic carbocycles. The van der Waals surface area contributed by atoms with Gasteiger partial charge in [-0.05, 0) is 31.4 Å². The summed E-state index contributed by atoms with van der Waals surface area (Å²) in [6.07, 6.45) is 8.33. The molecule has 1 unspecified atom stereocenters. The number of rotatable bonds is 2. The number of fused-ring (bicyclic) bond motifs is 3. The van der Waals surface area contributed by atoms with Gasteiger partial charge in [0, 0.05) is 41.3 Å². The summed E-state index contributed by atoms with van der Waals surface area (Å²) in [5.74, 6) is 0.547. The number of nitrogens with two attached hydrogens (primary N) is 1. The fraction of sp³-hybridized carbons (Fsp3) is 0.312. The van der Waals surface area contributed by atoms with Crippen LogP contribution < -0.4 is 10.6 Å². The van der Waals surface area contributed by atoms with E-state index in [2.05, 4.69) is 19.9 Å². The van der Waals surface area contributed by atoms with Crippen molar-refractivity contribution in [3.63, 3.8) is 0 Å². The van der Waals surface area contributed by atoms with Gasteiger partial charge in [0.2, 0.25) is 5.91 Å². The highest BCUT2D eigenvalue weighted by Gasteiger charge is 2.29. The van der Waals surface area contributed by atoms with Crippen LogP contribution in [0.4, 0.5) is 5.82 Å². The topological polar surface area (TPSA) is 87.9 Å². The molecule has 112 valence electrons. The molecule has 4 rings (SSSR count). The maximum Gasteiger partial charge on any atom is 0.240 e. The van der Waals surface area contributed by atoms with E-state index in [1.54, 1.807) is 6.20 Å². The molecule has 0 saturated carbocycles. The third-order valence-electron chi connectivity index (χ3n) is 4.39. The summed E-state index contributed by atoms with van der Waals surface area (Å²) in [6.45, 7) is 0.800. The number of aromatic nitrogens is 3. The predicted molar refractivity (Wildman–Crippen MR) is 85.6 cm³/mol. The predicted octanol–water partition coefficient (Wildman–Crippen LogP) is 1.96. The van der Waals surface area contributed by atoms with Gasteiger partial charge < -0.3 is 15.6 Å². The monoisotopic (exact) mass is 295 g/mol. The number of hydrogen-bond acceptors (Lipinski definition) is 4. The Labute approximate surface area is 127 Å². The molecule has 0 radical (unpaired) electrons. The molecule has 0 aromatic carbocycles. The molecule has 0 bridgehead atoms. The second-order valence-electron chi connectivity index (χ2n) is 5.70. The van der Waals surface area contributed by atoms with E-state index >= 15 is 0 Å². The zero-order valence-corrected chi connectivity index (χ0v) is 12.1. The van der Waals surface area contributed by atoms with Gasteiger partial charge in [-0.25, -0.2) is 9.97 Å². The van der Waals surface area contributed by atoms with Crippen molar-refractivity contribution in [3.05, 3.63) is 30.7 Å². The summed E-state index contributed by atoms with van der Waals surface area (Å²) in [5.41, 5.74) is 6.43. The first-order chi connectivity index (χ1) is 10.8. The highest BCUT2D eigenvalue weighted by Crippen LogP contribution is 2.33. The second-order valence-corrected chi connectivity index (χ2v) is 5.70. The Morgan fingerprint density at radius 1 is 1.32 bits per heavy atom. The average Bonchev–Trinajstić information content (AvgIpc) is 3.03. The van der Waals surface area contributed by atoms with E-state index in [0.717, 1.165) is 53.4 Å². The third kappa shape index (κ3) is 1.91. The third-order valence-corrected chi connectivity index (χ3v) is 4.39. The van der Waals surface area contributed by atoms with Crippen molar-refractivity contribution in [2.75, 3.05) is 11.4 Å². The highest BCUT2D eigenvalue weighted by molar-refractivity contribution is 6.10. The van der Waals surface area contributed by atoms with E-state index in [0.29, 0.717) is 0 Å². The minimum Gasteiger partial charge on any atom is -0.368 e. The van der Waals surface area contributed by atoms with E-state index in [-0.39, 0.29) is 11.9 Å². The maximum atomic E-state index is 11.8. The van der Waals surface area contributed by atoms with Crippen molar-refractivity contribution >= 4 is 33.5 Å². The number of hydrogen-bond donors (Lipinski definition) is 2. The first kappa shape index (κ1) is 13.1. The molecular weight excluding hydrogens is 278 g/mol. The smallest absolute Gasteiger partial charge is 0.240 e. The first-order valence-electron chi connectivity index (χ1n) is 7.52. The Morgan fingerprint density at radius 2 is 2.23 bits per heavy atom. The lowest BCUT2D eigenvalue weighted by Gasteiger charge is -2.35. The van der Waals surface area contributed by atoms with Gasteiger partial charge in [0.1, 0.15) is 17.5 Å². The van der Waals surface area contributed by atoms with E-state index in [1.165, 1.54) is 0 Å². The fourth-order valence-electron chi connectivity index (χ4n) is 3.35. The van der Waals surface area contributed by atoms with Gasteiger partial charge in [-0.3, -0.25) is 4.79 Å². The zero-order valence-electron chi connectivity index (χ0n) is 12.1. The number of primary amides is 1. The Balaban J connectivity index is 1.97. The van der Waals surface area contributed by atoms with Crippen molar-refractivity contribution in [3.8, 4) is 0 Å². The summed E-state index contributed by atoms with van der Waals surface area (Å²) in [4.78, 5) is 26.0. The Morgan fingerprint density at radius 3 is 3.09 bits per heavy atom. The summed E-state index contributed by atoms with van der Waals surface area (Å²) in [5, 5.41) is 3.07. The van der Waals surface area contributed by atoms with Crippen molar-refractivity contribution < 1.29 is 4.79 Å². The number of H-pyrrole nitrogens is 1. The Bertz CT molecular complexity index is 856. The molecule has 6 heteroatoms. The molecule has 1 aliphatic heterocycles. The van der Waals surface area contributed by atoms with Gasteiger partial charge in [-0.1, -0.05) is 0 Å². The summed E-state index contributed by atoms with van der Waals surface area (Å²) < 4.78 is 0. The van der Waals surface area contributed by atoms with Gasteiger partial charge in [0.05, 0.1) is 0 Å². The summed E-state index contributed by atoms with van der Waals surface area (Å²) in [6, 6.07) is 3.66. The lowest BCUT2D eigenvalue weighted by molar-refractivity contribution is -0.119. The molecule has 1 fully saturated rings. The largest absolute Gasteiger partial charge is 0.368 e. The van der Waals surface area contributed by atoms with Crippen LogP contribution in [0.1, 0.15) is 19.3 Å². The van der Waals surface area contributed by atoms with Gasteiger partial charge in [-0.2, -0.15) is 0 Å². The van der Waals surface area contributed by atoms with Crippen LogP contribution in [-0.4, -0.2) is 33.4 Å². The Hall–Kier alpha value is -2.63. The molecule has 4 heterocycles. The number of nitrogens with one attached hydrogen (secondary N) is 1. The number of carbonyl (C=O) groups excluding carboxylic acids is 1. The molecule has 1 atom stereocenters. The van der Waals surface area contributed by atoms with E-state index in [4.69, 9.17) is 5.73 Å². The lowest BCUT2D eigenvalue weighted by Crippen LogP contribution is -2.48. The van der Waals surface area contributed by atoms with Gasteiger partial charge in [0.15, 0.2) is 0 Å². The normalized spacial score (nSPS) is 18.9. The number of nitrogens with zero attached hydrogens (tertiary/aromatic N) is 3. The van der Waals surface area contributed by atoms with Crippen molar-refractivity contribution in [2.24, 2.45) is 5.73 Å². The molecule has 1 saturated heterocycles. The maximum absolute atomic E-state index is 11.8. The number of anilines is 1. The molecule has 22 heavy (non-hydrogen) atoms. The van der Waals surface area contributed by atoms with Gasteiger partial charge in [0.25, 0.3) is 0 Å². The van der Waals surface area contributed by atoms with Crippen LogP contribution in [0.15, 0.2) is 30.7 Å². The van der Waals surface area contributed by atoms with E-state index < -0.39 is 0 Å². The summed E-state index contributed by atoms with van der Waals surface area (Å²) >= 11 is 0. The van der Waals surface area contributed by atoms with Crippen molar-refractivity contribution in [2.45, 2.75) is 25.3 Å². The second kappa shape index (κ2) is 4.98. The minimum atomic E-state index is -0.283. The van der Waals surface area contributed by atoms with Crippen molar-refractivity contribution in [1.82, 2.24) is 15.0 Å². The van der Waals surface area contributed by atoms with Crippen LogP contribution in [-0.2, 0) is 4.79 Å². The van der Waals surface area contributed by atoms with Crippen LogP contribution in [0, 0.1) is 0 Å². The van der Waals surface area contributed by atoms with Crippen LogP contribution in [0.3, 0.4) is 0 Å². The molecule has 0 spiro atoms. The van der Waals surface area contributed by atoms with Gasteiger partial charge >= 0.3 is 0 Å². The van der Waals surface area contributed by atoms with Crippen LogP contribution in [0.25, 0.3) is 21.8 Å². The number of carbonyl (C=O) groups is 1. The molecule has 1 amide bonds. The summed E-state index contributed by atoms with van der Waals surface area (Å²) in [7, 11) is 0. The molecule has 3 aromatic heterocycles. The Kier molecular flexibility index (Phi) is 2.96. The molecule has 3 N–H and O–H groups in total. The lowest BCUT2D eigenvalue weighted by atomic mass is 10.0. The standard InChI is InChI=1S/C16H17N5O/c17-14(22)12-3-1-2-8-21(12)16-13-10(4-6-19-16)9-20-15-11(13)5-7-18-15/h4-7,9,12H,1-3,8H2,(H2,17,22)(H,18,20).